The Morgan fingerprint density at radius 2 is 1.88 bits per heavy atom. The van der Waals surface area contributed by atoms with E-state index in [0.717, 1.165) is 19.3 Å². The molecule has 0 radical (unpaired) electrons. The first-order valence-electron chi connectivity index (χ1n) is 5.47. The summed E-state index contributed by atoms with van der Waals surface area (Å²) >= 11 is 0. The van der Waals surface area contributed by atoms with Crippen molar-refractivity contribution < 1.29 is 13.9 Å². The van der Waals surface area contributed by atoms with Crippen molar-refractivity contribution in [2.24, 2.45) is 0 Å². The van der Waals surface area contributed by atoms with Gasteiger partial charge < -0.3 is 10.4 Å². The van der Waals surface area contributed by atoms with Gasteiger partial charge in [-0.2, -0.15) is 0 Å². The van der Waals surface area contributed by atoms with Crippen LogP contribution in [0.1, 0.15) is 24.8 Å². The number of hydrogen-bond donors (Lipinski definition) is 2. The summed E-state index contributed by atoms with van der Waals surface area (Å²) in [4.78, 5) is 0. The van der Waals surface area contributed by atoms with Gasteiger partial charge in [-0.25, -0.2) is 8.78 Å². The molecular weight excluding hydrogens is 212 g/mol. The second-order valence-electron chi connectivity index (χ2n) is 4.38. The Labute approximate surface area is 93.3 Å². The van der Waals surface area contributed by atoms with Crippen molar-refractivity contribution in [1.82, 2.24) is 5.32 Å². The maximum Gasteiger partial charge on any atom is 0.130 e. The maximum absolute atomic E-state index is 13.2. The third-order valence-electron chi connectivity index (χ3n) is 3.10. The van der Waals surface area contributed by atoms with Crippen molar-refractivity contribution in [3.63, 3.8) is 0 Å². The summed E-state index contributed by atoms with van der Waals surface area (Å²) in [5.41, 5.74) is -0.632. The molecule has 1 aliphatic rings. The fraction of sp³-hybridized carbons (Fsp3) is 0.500. The van der Waals surface area contributed by atoms with Gasteiger partial charge in [0.2, 0.25) is 0 Å². The molecule has 1 aromatic rings. The number of hydrogen-bond acceptors (Lipinski definition) is 2. The zero-order valence-electron chi connectivity index (χ0n) is 8.97. The number of rotatable bonds is 4. The van der Waals surface area contributed by atoms with E-state index in [1.165, 1.54) is 18.2 Å². The molecule has 0 aliphatic heterocycles. The third-order valence-corrected chi connectivity index (χ3v) is 3.10. The van der Waals surface area contributed by atoms with Crippen LogP contribution in [0, 0.1) is 11.6 Å². The average Bonchev–Trinajstić information content (AvgIpc) is 2.20. The summed E-state index contributed by atoms with van der Waals surface area (Å²) in [5, 5.41) is 12.7. The zero-order valence-corrected chi connectivity index (χ0v) is 8.97. The summed E-state index contributed by atoms with van der Waals surface area (Å²) < 4.78 is 26.4. The number of aliphatic hydroxyl groups is 1. The van der Waals surface area contributed by atoms with E-state index in [0.29, 0.717) is 6.54 Å². The van der Waals surface area contributed by atoms with Gasteiger partial charge in [0, 0.05) is 18.7 Å². The molecule has 0 atom stereocenters. The van der Waals surface area contributed by atoms with Gasteiger partial charge in [-0.05, 0) is 31.4 Å². The largest absolute Gasteiger partial charge is 0.389 e. The summed E-state index contributed by atoms with van der Waals surface area (Å²) in [6.45, 7) is 0.502. The molecule has 0 unspecified atom stereocenters. The van der Waals surface area contributed by atoms with Crippen LogP contribution in [0.25, 0.3) is 0 Å². The maximum atomic E-state index is 13.2. The van der Waals surface area contributed by atoms with E-state index in [1.54, 1.807) is 0 Å². The zero-order chi connectivity index (χ0) is 11.6. The van der Waals surface area contributed by atoms with Gasteiger partial charge in [-0.3, -0.25) is 0 Å². The lowest BCUT2D eigenvalue weighted by atomic mass is 9.80. The molecule has 2 rings (SSSR count). The van der Waals surface area contributed by atoms with E-state index in [2.05, 4.69) is 5.32 Å². The van der Waals surface area contributed by atoms with Crippen molar-refractivity contribution in [3.8, 4) is 0 Å². The van der Waals surface area contributed by atoms with Crippen LogP contribution in [-0.4, -0.2) is 17.3 Å². The molecule has 0 bridgehead atoms. The molecule has 1 aliphatic carbocycles. The van der Waals surface area contributed by atoms with E-state index in [1.807, 2.05) is 0 Å². The summed E-state index contributed by atoms with van der Waals surface area (Å²) in [6.07, 6.45) is 2.55. The van der Waals surface area contributed by atoms with Crippen molar-refractivity contribution in [1.29, 1.82) is 0 Å². The highest BCUT2D eigenvalue weighted by Crippen LogP contribution is 2.30. The highest BCUT2D eigenvalue weighted by atomic mass is 19.1. The van der Waals surface area contributed by atoms with Crippen molar-refractivity contribution in [2.75, 3.05) is 6.54 Å². The smallest absolute Gasteiger partial charge is 0.130 e. The van der Waals surface area contributed by atoms with Gasteiger partial charge in [0.1, 0.15) is 11.6 Å². The van der Waals surface area contributed by atoms with Crippen molar-refractivity contribution in [2.45, 2.75) is 31.4 Å². The Bertz CT molecular complexity index is 357. The molecule has 0 heterocycles. The summed E-state index contributed by atoms with van der Waals surface area (Å²) in [6, 6.07) is 3.81. The van der Waals surface area contributed by atoms with E-state index < -0.39 is 17.2 Å². The molecule has 0 aromatic heterocycles. The predicted octanol–water partition coefficient (Wildman–Crippen LogP) is 1.97. The van der Waals surface area contributed by atoms with E-state index in [4.69, 9.17) is 0 Å². The lowest BCUT2D eigenvalue weighted by Crippen LogP contribution is -2.46. The van der Waals surface area contributed by atoms with Crippen LogP contribution in [0.4, 0.5) is 8.78 Å². The van der Waals surface area contributed by atoms with Gasteiger partial charge >= 0.3 is 0 Å². The fourth-order valence-electron chi connectivity index (χ4n) is 1.88. The quantitative estimate of drug-likeness (QED) is 0.824. The number of benzene rings is 1. The molecule has 2 nitrogen and oxygen atoms in total. The standard InChI is InChI=1S/C12H15F2NO/c13-10-3-1-4-11(14)9(10)7-15-8-12(16)5-2-6-12/h1,3-4,15-16H,2,5-8H2. The lowest BCUT2D eigenvalue weighted by Gasteiger charge is -2.36. The molecule has 4 heteroatoms. The molecule has 1 saturated carbocycles. The number of nitrogens with one attached hydrogen (secondary N) is 1. The van der Waals surface area contributed by atoms with Crippen LogP contribution in [0.15, 0.2) is 18.2 Å². The first kappa shape index (κ1) is 11.5. The van der Waals surface area contributed by atoms with E-state index in [9.17, 15) is 13.9 Å². The monoisotopic (exact) mass is 227 g/mol. The summed E-state index contributed by atoms with van der Waals surface area (Å²) in [5.74, 6) is -1.10. The fourth-order valence-corrected chi connectivity index (χ4v) is 1.88. The van der Waals surface area contributed by atoms with Crippen LogP contribution in [-0.2, 0) is 6.54 Å². The first-order chi connectivity index (χ1) is 7.61. The Morgan fingerprint density at radius 3 is 2.38 bits per heavy atom. The average molecular weight is 227 g/mol. The first-order valence-corrected chi connectivity index (χ1v) is 5.47. The van der Waals surface area contributed by atoms with Crippen LogP contribution in [0.2, 0.25) is 0 Å². The normalized spacial score (nSPS) is 18.2. The molecule has 16 heavy (non-hydrogen) atoms. The highest BCUT2D eigenvalue weighted by molar-refractivity contribution is 5.19. The van der Waals surface area contributed by atoms with Crippen molar-refractivity contribution in [3.05, 3.63) is 35.4 Å². The van der Waals surface area contributed by atoms with Gasteiger partial charge in [0.25, 0.3) is 0 Å². The molecular formula is C12H15F2NO. The Morgan fingerprint density at radius 1 is 1.25 bits per heavy atom. The van der Waals surface area contributed by atoms with Crippen LogP contribution in [0.3, 0.4) is 0 Å². The minimum atomic E-state index is -0.665. The van der Waals surface area contributed by atoms with E-state index >= 15 is 0 Å². The molecule has 1 fully saturated rings. The Kier molecular flexibility index (Phi) is 3.21. The lowest BCUT2D eigenvalue weighted by molar-refractivity contribution is -0.0315. The van der Waals surface area contributed by atoms with Crippen molar-refractivity contribution >= 4 is 0 Å². The van der Waals surface area contributed by atoms with Crippen LogP contribution in [0.5, 0.6) is 0 Å². The molecule has 0 amide bonds. The van der Waals surface area contributed by atoms with Crippen LogP contribution < -0.4 is 5.32 Å². The SMILES string of the molecule is OC1(CNCc2c(F)cccc2F)CCC1. The second-order valence-corrected chi connectivity index (χ2v) is 4.38. The molecule has 0 saturated heterocycles. The third kappa shape index (κ3) is 2.39. The molecule has 0 spiro atoms. The minimum absolute atomic E-state index is 0.0328. The minimum Gasteiger partial charge on any atom is -0.389 e. The van der Waals surface area contributed by atoms with Gasteiger partial charge in [-0.1, -0.05) is 6.07 Å². The van der Waals surface area contributed by atoms with Gasteiger partial charge in [-0.15, -0.1) is 0 Å². The predicted molar refractivity (Wildman–Crippen MR) is 56.9 cm³/mol. The van der Waals surface area contributed by atoms with E-state index in [-0.39, 0.29) is 12.1 Å². The van der Waals surface area contributed by atoms with Gasteiger partial charge in [0.15, 0.2) is 0 Å². The topological polar surface area (TPSA) is 32.3 Å². The molecule has 88 valence electrons. The Hall–Kier alpha value is -1.00. The summed E-state index contributed by atoms with van der Waals surface area (Å²) in [7, 11) is 0. The second kappa shape index (κ2) is 4.47. The highest BCUT2D eigenvalue weighted by Gasteiger charge is 2.33. The number of halogens is 2. The van der Waals surface area contributed by atoms with Crippen LogP contribution >= 0.6 is 0 Å². The molecule has 2 N–H and O–H groups in total. The van der Waals surface area contributed by atoms with Gasteiger partial charge in [0.05, 0.1) is 5.60 Å². The molecule has 1 aromatic carbocycles. The Balaban J connectivity index is 1.89.